The van der Waals surface area contributed by atoms with E-state index in [9.17, 15) is 18.5 Å². The summed E-state index contributed by atoms with van der Waals surface area (Å²) in [4.78, 5) is 15.0. The zero-order valence-corrected chi connectivity index (χ0v) is 17.8. The summed E-state index contributed by atoms with van der Waals surface area (Å²) in [6, 6.07) is 10.5. The van der Waals surface area contributed by atoms with Crippen molar-refractivity contribution in [3.63, 3.8) is 0 Å². The monoisotopic (exact) mass is 435 g/mol. The number of sulfonamides is 1. The summed E-state index contributed by atoms with van der Waals surface area (Å²) in [5.74, 6) is 0.399. The second-order valence-corrected chi connectivity index (χ2v) is 9.99. The van der Waals surface area contributed by atoms with E-state index < -0.39 is 10.0 Å². The van der Waals surface area contributed by atoms with E-state index in [1.165, 1.54) is 10.5 Å². The molecule has 3 aromatic rings. The van der Waals surface area contributed by atoms with E-state index in [4.69, 9.17) is 4.74 Å². The van der Waals surface area contributed by atoms with Crippen molar-refractivity contribution in [2.24, 2.45) is 5.92 Å². The number of nitrogens with zero attached hydrogens (tertiary/aromatic N) is 2. The van der Waals surface area contributed by atoms with Gasteiger partial charge in [0.2, 0.25) is 0 Å². The maximum absolute atomic E-state index is 13.8. The molecular formula is C23H21N3O4S. The van der Waals surface area contributed by atoms with Crippen LogP contribution < -0.4 is 9.86 Å². The first-order chi connectivity index (χ1) is 14.9. The van der Waals surface area contributed by atoms with E-state index >= 15 is 0 Å². The van der Waals surface area contributed by atoms with Gasteiger partial charge < -0.3 is 9.72 Å². The molecule has 5 rings (SSSR count). The minimum Gasteiger partial charge on any atom is -0.381 e. The van der Waals surface area contributed by atoms with Gasteiger partial charge in [0.25, 0.3) is 15.6 Å². The second-order valence-electron chi connectivity index (χ2n) is 8.16. The Hall–Kier alpha value is -3.15. The number of fused-ring (bicyclic) bond motifs is 2. The molecule has 1 N–H and O–H groups in total. The van der Waals surface area contributed by atoms with Crippen molar-refractivity contribution in [2.75, 3.05) is 24.1 Å². The van der Waals surface area contributed by atoms with Gasteiger partial charge >= 0.3 is 0 Å². The molecule has 1 saturated heterocycles. The molecule has 0 radical (unpaired) electrons. The average molecular weight is 436 g/mol. The molecule has 0 saturated carbocycles. The highest BCUT2D eigenvalue weighted by molar-refractivity contribution is 7.93. The Morgan fingerprint density at radius 3 is 2.81 bits per heavy atom. The number of hydrogen-bond acceptors (Lipinski definition) is 5. The van der Waals surface area contributed by atoms with Crippen LogP contribution >= 0.6 is 0 Å². The van der Waals surface area contributed by atoms with Crippen LogP contribution in [0, 0.1) is 24.2 Å². The van der Waals surface area contributed by atoms with Gasteiger partial charge in [0.15, 0.2) is 0 Å². The van der Waals surface area contributed by atoms with Crippen LogP contribution in [0.3, 0.4) is 0 Å². The molecule has 158 valence electrons. The number of hydrogen-bond donors (Lipinski definition) is 1. The van der Waals surface area contributed by atoms with Gasteiger partial charge in [-0.1, -0.05) is 6.07 Å². The van der Waals surface area contributed by atoms with Gasteiger partial charge in [-0.15, -0.1) is 0 Å². The van der Waals surface area contributed by atoms with E-state index in [1.807, 2.05) is 6.07 Å². The number of nitriles is 1. The molecule has 0 unspecified atom stereocenters. The third-order valence-electron chi connectivity index (χ3n) is 6.15. The van der Waals surface area contributed by atoms with Crippen LogP contribution in [-0.2, 0) is 27.6 Å². The number of aryl methyl sites for hydroxylation is 1. The molecule has 0 aliphatic carbocycles. The van der Waals surface area contributed by atoms with Crippen molar-refractivity contribution in [1.82, 2.24) is 4.98 Å². The van der Waals surface area contributed by atoms with Gasteiger partial charge in [-0.25, -0.2) is 8.42 Å². The summed E-state index contributed by atoms with van der Waals surface area (Å²) in [6.45, 7) is 3.47. The van der Waals surface area contributed by atoms with Gasteiger partial charge in [0, 0.05) is 29.4 Å². The second kappa shape index (κ2) is 7.22. The first kappa shape index (κ1) is 19.8. The zero-order chi connectivity index (χ0) is 21.8. The molecule has 2 aromatic carbocycles. The lowest BCUT2D eigenvalue weighted by Gasteiger charge is -2.27. The summed E-state index contributed by atoms with van der Waals surface area (Å²) in [5, 5.41) is 10.3. The van der Waals surface area contributed by atoms with E-state index in [0.717, 1.165) is 17.5 Å². The normalized spacial score (nSPS) is 16.2. The fraction of sp³-hybridized carbons (Fsp3) is 0.304. The van der Waals surface area contributed by atoms with Crippen molar-refractivity contribution in [3.8, 4) is 6.07 Å². The molecule has 2 aliphatic rings. The fourth-order valence-corrected chi connectivity index (χ4v) is 6.32. The molecule has 1 fully saturated rings. The van der Waals surface area contributed by atoms with Crippen molar-refractivity contribution in [3.05, 3.63) is 69.1 Å². The molecule has 1 aromatic heterocycles. The number of ether oxygens (including phenoxy) is 1. The number of anilines is 1. The summed E-state index contributed by atoms with van der Waals surface area (Å²) in [5.41, 5.74) is 3.37. The number of benzene rings is 2. The SMILES string of the molecule is Cc1c[nH]c(=O)c2cccc(S(=O)(=O)N3CCc4c(CC5COC5)cc(C#N)cc43)c12. The molecule has 2 aliphatic heterocycles. The molecule has 0 bridgehead atoms. The maximum atomic E-state index is 13.8. The van der Waals surface area contributed by atoms with Gasteiger partial charge in [0.1, 0.15) is 0 Å². The van der Waals surface area contributed by atoms with Crippen molar-refractivity contribution in [2.45, 2.75) is 24.7 Å². The lowest BCUT2D eigenvalue weighted by Crippen LogP contribution is -2.30. The van der Waals surface area contributed by atoms with Crippen molar-refractivity contribution < 1.29 is 13.2 Å². The van der Waals surface area contributed by atoms with Crippen molar-refractivity contribution >= 4 is 26.5 Å². The number of aromatic nitrogens is 1. The van der Waals surface area contributed by atoms with Crippen LogP contribution in [-0.4, -0.2) is 33.2 Å². The summed E-state index contributed by atoms with van der Waals surface area (Å²) >= 11 is 0. The third-order valence-corrected chi connectivity index (χ3v) is 8.01. The summed E-state index contributed by atoms with van der Waals surface area (Å²) < 4.78 is 34.2. The number of H-pyrrole nitrogens is 1. The smallest absolute Gasteiger partial charge is 0.264 e. The van der Waals surface area contributed by atoms with E-state index in [0.29, 0.717) is 59.7 Å². The largest absolute Gasteiger partial charge is 0.381 e. The minimum atomic E-state index is -3.93. The topological polar surface area (TPSA) is 103 Å². The van der Waals surface area contributed by atoms with Crippen LogP contribution in [0.5, 0.6) is 0 Å². The Labute approximate surface area is 179 Å². The molecule has 0 amide bonds. The Balaban J connectivity index is 1.66. The van der Waals surface area contributed by atoms with Crippen LogP contribution in [0.4, 0.5) is 5.69 Å². The maximum Gasteiger partial charge on any atom is 0.264 e. The number of aromatic amines is 1. The van der Waals surface area contributed by atoms with Gasteiger partial charge in [-0.3, -0.25) is 9.10 Å². The Kier molecular flexibility index (Phi) is 4.61. The average Bonchev–Trinajstić information content (AvgIpc) is 3.17. The predicted molar refractivity (Wildman–Crippen MR) is 117 cm³/mol. The summed E-state index contributed by atoms with van der Waals surface area (Å²) in [7, 11) is -3.93. The quantitative estimate of drug-likeness (QED) is 0.679. The summed E-state index contributed by atoms with van der Waals surface area (Å²) in [6.07, 6.45) is 2.90. The molecule has 31 heavy (non-hydrogen) atoms. The molecular weight excluding hydrogens is 414 g/mol. The lowest BCUT2D eigenvalue weighted by molar-refractivity contribution is -0.0313. The molecule has 8 heteroatoms. The van der Waals surface area contributed by atoms with Crippen LogP contribution in [0.25, 0.3) is 10.8 Å². The Morgan fingerprint density at radius 2 is 2.10 bits per heavy atom. The van der Waals surface area contributed by atoms with Crippen LogP contribution in [0.1, 0.15) is 22.3 Å². The highest BCUT2D eigenvalue weighted by Gasteiger charge is 2.35. The minimum absolute atomic E-state index is 0.109. The zero-order valence-electron chi connectivity index (χ0n) is 17.0. The van der Waals surface area contributed by atoms with Crippen molar-refractivity contribution in [1.29, 1.82) is 5.26 Å². The van der Waals surface area contributed by atoms with E-state index in [2.05, 4.69) is 11.1 Å². The third kappa shape index (κ3) is 3.12. The molecule has 3 heterocycles. The fourth-order valence-electron chi connectivity index (χ4n) is 4.55. The number of nitrogens with one attached hydrogen (secondary N) is 1. The van der Waals surface area contributed by atoms with Gasteiger partial charge in [-0.2, -0.15) is 5.26 Å². The highest BCUT2D eigenvalue weighted by Crippen LogP contribution is 2.38. The number of rotatable bonds is 4. The van der Waals surface area contributed by atoms with E-state index in [-0.39, 0.29) is 10.5 Å². The first-order valence-corrected chi connectivity index (χ1v) is 11.6. The number of pyridine rings is 1. The van der Waals surface area contributed by atoms with Gasteiger partial charge in [0.05, 0.1) is 35.4 Å². The lowest BCUT2D eigenvalue weighted by atomic mass is 9.92. The Morgan fingerprint density at radius 1 is 1.29 bits per heavy atom. The van der Waals surface area contributed by atoms with E-state index in [1.54, 1.807) is 31.2 Å². The standard InChI is InChI=1S/C23H21N3O4S/c1-14-11-25-23(27)19-3-2-4-21(22(14)19)31(28,29)26-6-5-18-17(8-16-12-30-13-16)7-15(10-24)9-20(18)26/h2-4,7,9,11,16H,5-6,8,12-13H2,1H3,(H,25,27). The first-order valence-electron chi connectivity index (χ1n) is 10.2. The molecule has 7 nitrogen and oxygen atoms in total. The predicted octanol–water partition coefficient (Wildman–Crippen LogP) is 2.65. The van der Waals surface area contributed by atoms with Crippen LogP contribution in [0.15, 0.2) is 46.2 Å². The molecule has 0 spiro atoms. The van der Waals surface area contributed by atoms with Crippen LogP contribution in [0.2, 0.25) is 0 Å². The Bertz CT molecular complexity index is 1420. The molecule has 0 atom stereocenters. The highest BCUT2D eigenvalue weighted by atomic mass is 32.2. The van der Waals surface area contributed by atoms with Gasteiger partial charge in [-0.05, 0) is 60.7 Å².